The number of rotatable bonds is 9. The summed E-state index contributed by atoms with van der Waals surface area (Å²) < 4.78 is 37.9. The maximum atomic E-state index is 13.0. The maximum Gasteiger partial charge on any atom is 0.338 e. The largest absolute Gasteiger partial charge is 0.495 e. The predicted octanol–water partition coefficient (Wildman–Crippen LogP) is 4.51. The molecule has 0 saturated carbocycles. The first-order valence-electron chi connectivity index (χ1n) is 10.2. The van der Waals surface area contributed by atoms with Gasteiger partial charge in [0.05, 0.1) is 18.4 Å². The van der Waals surface area contributed by atoms with E-state index >= 15 is 0 Å². The van der Waals surface area contributed by atoms with Crippen LogP contribution in [0.2, 0.25) is 0 Å². The van der Waals surface area contributed by atoms with E-state index < -0.39 is 16.0 Å². The molecule has 0 radical (unpaired) electrons. The second-order valence-corrected chi connectivity index (χ2v) is 9.81. The Morgan fingerprint density at radius 1 is 1.09 bits per heavy atom. The van der Waals surface area contributed by atoms with Crippen LogP contribution >= 0.6 is 11.3 Å². The Balaban J connectivity index is 1.76. The van der Waals surface area contributed by atoms with E-state index in [1.165, 1.54) is 46.5 Å². The second-order valence-electron chi connectivity index (χ2n) is 7.04. The zero-order valence-corrected chi connectivity index (χ0v) is 20.1. The number of methoxy groups -OCH3 is 1. The summed E-state index contributed by atoms with van der Waals surface area (Å²) in [5, 5.41) is 2.68. The lowest BCUT2D eigenvalue weighted by Gasteiger charge is -2.20. The van der Waals surface area contributed by atoms with Gasteiger partial charge in [-0.15, -0.1) is 11.3 Å². The van der Waals surface area contributed by atoms with Gasteiger partial charge in [0.25, 0.3) is 0 Å². The number of aromatic nitrogens is 1. The predicted molar refractivity (Wildman–Crippen MR) is 125 cm³/mol. The Kier molecular flexibility index (Phi) is 7.65. The molecule has 0 amide bonds. The Hall–Kier alpha value is -2.75. The van der Waals surface area contributed by atoms with Crippen LogP contribution in [0.1, 0.15) is 35.5 Å². The molecule has 0 N–H and O–H groups in total. The number of benzene rings is 2. The quantitative estimate of drug-likeness (QED) is 0.424. The fourth-order valence-corrected chi connectivity index (χ4v) is 5.58. The molecule has 0 aliphatic heterocycles. The van der Waals surface area contributed by atoms with Crippen molar-refractivity contribution in [3.63, 3.8) is 0 Å². The van der Waals surface area contributed by atoms with Crippen molar-refractivity contribution < 1.29 is 22.7 Å². The average Bonchev–Trinajstić information content (AvgIpc) is 3.27. The lowest BCUT2D eigenvalue weighted by molar-refractivity contribution is 0.0468. The molecule has 9 heteroatoms. The molecule has 3 aromatic rings. The van der Waals surface area contributed by atoms with Gasteiger partial charge in [0, 0.05) is 24.0 Å². The summed E-state index contributed by atoms with van der Waals surface area (Å²) in [5.41, 5.74) is 2.93. The molecule has 0 aliphatic rings. The van der Waals surface area contributed by atoms with Gasteiger partial charge in [0.15, 0.2) is 0 Å². The van der Waals surface area contributed by atoms with Crippen LogP contribution in [-0.2, 0) is 21.4 Å². The summed E-state index contributed by atoms with van der Waals surface area (Å²) in [6, 6.07) is 12.3. The number of carbonyl (C=O) groups is 1. The van der Waals surface area contributed by atoms with Crippen LogP contribution in [0.5, 0.6) is 5.75 Å². The van der Waals surface area contributed by atoms with Crippen molar-refractivity contribution in [3.8, 4) is 16.3 Å². The number of ether oxygens (including phenoxy) is 2. The summed E-state index contributed by atoms with van der Waals surface area (Å²) in [5.74, 6) is -0.454. The van der Waals surface area contributed by atoms with Crippen molar-refractivity contribution in [3.05, 3.63) is 64.7 Å². The molecule has 3 rings (SSSR count). The van der Waals surface area contributed by atoms with Gasteiger partial charge < -0.3 is 9.47 Å². The van der Waals surface area contributed by atoms with Gasteiger partial charge in [0.2, 0.25) is 10.0 Å². The Bertz CT molecular complexity index is 1180. The third-order valence-electron chi connectivity index (χ3n) is 4.92. The van der Waals surface area contributed by atoms with Gasteiger partial charge in [-0.3, -0.25) is 0 Å². The van der Waals surface area contributed by atoms with E-state index in [4.69, 9.17) is 9.47 Å². The molecule has 7 nitrogen and oxygen atoms in total. The summed E-state index contributed by atoms with van der Waals surface area (Å²) >= 11 is 1.47. The van der Waals surface area contributed by atoms with E-state index in [-0.39, 0.29) is 22.8 Å². The van der Waals surface area contributed by atoms with Crippen LogP contribution in [0, 0.1) is 6.92 Å². The maximum absolute atomic E-state index is 13.0. The fourth-order valence-electron chi connectivity index (χ4n) is 3.13. The number of carbonyl (C=O) groups excluding carboxylic acids is 1. The Morgan fingerprint density at radius 2 is 1.78 bits per heavy atom. The van der Waals surface area contributed by atoms with Crippen LogP contribution in [0.4, 0.5) is 0 Å². The summed E-state index contributed by atoms with van der Waals surface area (Å²) in [6.07, 6.45) is 0. The molecule has 0 aliphatic carbocycles. The first-order chi connectivity index (χ1) is 15.3. The highest BCUT2D eigenvalue weighted by Gasteiger charge is 2.27. The van der Waals surface area contributed by atoms with E-state index in [9.17, 15) is 13.2 Å². The van der Waals surface area contributed by atoms with Crippen molar-refractivity contribution in [1.29, 1.82) is 0 Å². The van der Waals surface area contributed by atoms with E-state index in [2.05, 4.69) is 4.98 Å². The highest BCUT2D eigenvalue weighted by atomic mass is 32.2. The minimum Gasteiger partial charge on any atom is -0.495 e. The van der Waals surface area contributed by atoms with Crippen molar-refractivity contribution in [2.24, 2.45) is 0 Å². The minimum absolute atomic E-state index is 0.00858. The third-order valence-corrected chi connectivity index (χ3v) is 7.94. The van der Waals surface area contributed by atoms with Crippen LogP contribution in [0.25, 0.3) is 10.6 Å². The first-order valence-corrected chi connectivity index (χ1v) is 12.5. The van der Waals surface area contributed by atoms with E-state index in [1.807, 2.05) is 36.6 Å². The van der Waals surface area contributed by atoms with E-state index in [0.29, 0.717) is 18.8 Å². The lowest BCUT2D eigenvalue weighted by atomic mass is 10.2. The highest BCUT2D eigenvalue weighted by molar-refractivity contribution is 7.89. The first kappa shape index (κ1) is 23.9. The molecule has 0 fully saturated rings. The molecule has 0 saturated heterocycles. The number of hydrogen-bond acceptors (Lipinski definition) is 7. The molecule has 0 unspecified atom stereocenters. The van der Waals surface area contributed by atoms with Crippen molar-refractivity contribution in [2.75, 3.05) is 20.2 Å². The standard InChI is InChI=1S/C23H26N2O5S2/c1-5-25(6-2)32(27,28)21-13-18(11-12-20(21)29-4)23(26)30-14-19-15-31-22(24-19)17-9-7-16(3)8-10-17/h7-13,15H,5-6,14H2,1-4H3. The number of nitrogens with zero attached hydrogens (tertiary/aromatic N) is 2. The zero-order chi connectivity index (χ0) is 23.3. The number of hydrogen-bond donors (Lipinski definition) is 0. The minimum atomic E-state index is -3.81. The molecule has 0 spiro atoms. The van der Waals surface area contributed by atoms with Crippen LogP contribution in [0.15, 0.2) is 52.7 Å². The summed E-state index contributed by atoms with van der Waals surface area (Å²) in [6.45, 7) is 6.14. The Morgan fingerprint density at radius 3 is 2.41 bits per heavy atom. The third kappa shape index (κ3) is 5.17. The lowest BCUT2D eigenvalue weighted by Crippen LogP contribution is -2.31. The van der Waals surface area contributed by atoms with Gasteiger partial charge in [-0.25, -0.2) is 18.2 Å². The number of esters is 1. The summed E-state index contributed by atoms with van der Waals surface area (Å²) in [4.78, 5) is 17.1. The van der Waals surface area contributed by atoms with E-state index in [0.717, 1.165) is 10.6 Å². The van der Waals surface area contributed by atoms with Crippen molar-refractivity contribution in [2.45, 2.75) is 32.3 Å². The van der Waals surface area contributed by atoms with Gasteiger partial charge in [-0.1, -0.05) is 43.7 Å². The van der Waals surface area contributed by atoms with E-state index in [1.54, 1.807) is 13.8 Å². The number of sulfonamides is 1. The molecule has 170 valence electrons. The van der Waals surface area contributed by atoms with Crippen molar-refractivity contribution >= 4 is 27.3 Å². The average molecular weight is 475 g/mol. The molecular formula is C23H26N2O5S2. The van der Waals surface area contributed by atoms with Crippen LogP contribution < -0.4 is 4.74 Å². The SMILES string of the molecule is CCN(CC)S(=O)(=O)c1cc(C(=O)OCc2csc(-c3ccc(C)cc3)n2)ccc1OC. The number of aryl methyl sites for hydroxylation is 1. The van der Waals surface area contributed by atoms with Crippen LogP contribution in [0.3, 0.4) is 0 Å². The molecular weight excluding hydrogens is 448 g/mol. The molecule has 1 aromatic heterocycles. The van der Waals surface area contributed by atoms with Crippen molar-refractivity contribution in [1.82, 2.24) is 9.29 Å². The molecule has 2 aromatic carbocycles. The van der Waals surface area contributed by atoms with Gasteiger partial charge in [0.1, 0.15) is 22.3 Å². The normalized spacial score (nSPS) is 11.5. The second kappa shape index (κ2) is 10.2. The molecule has 32 heavy (non-hydrogen) atoms. The molecule has 0 bridgehead atoms. The zero-order valence-electron chi connectivity index (χ0n) is 18.5. The monoisotopic (exact) mass is 474 g/mol. The molecule has 1 heterocycles. The smallest absolute Gasteiger partial charge is 0.338 e. The Labute approximate surface area is 192 Å². The summed E-state index contributed by atoms with van der Waals surface area (Å²) in [7, 11) is -2.42. The fraction of sp³-hybridized carbons (Fsp3) is 0.304. The van der Waals surface area contributed by atoms with Gasteiger partial charge in [-0.2, -0.15) is 4.31 Å². The highest BCUT2D eigenvalue weighted by Crippen LogP contribution is 2.29. The van der Waals surface area contributed by atoms with Gasteiger partial charge in [-0.05, 0) is 25.1 Å². The number of thiazole rings is 1. The van der Waals surface area contributed by atoms with Gasteiger partial charge >= 0.3 is 5.97 Å². The topological polar surface area (TPSA) is 85.8 Å². The van der Waals surface area contributed by atoms with Crippen LogP contribution in [-0.4, -0.2) is 43.9 Å². The molecule has 0 atom stereocenters.